The molecule has 1 aromatic heterocycles. The van der Waals surface area contributed by atoms with Crippen LogP contribution in [-0.4, -0.2) is 23.0 Å². The van der Waals surface area contributed by atoms with Gasteiger partial charge in [0.2, 0.25) is 0 Å². The van der Waals surface area contributed by atoms with Crippen molar-refractivity contribution in [3.63, 3.8) is 0 Å². The third-order valence-corrected chi connectivity index (χ3v) is 3.89. The van der Waals surface area contributed by atoms with Gasteiger partial charge in [0.15, 0.2) is 0 Å². The van der Waals surface area contributed by atoms with Gasteiger partial charge in [-0.15, -0.1) is 0 Å². The van der Waals surface area contributed by atoms with Crippen LogP contribution in [0.3, 0.4) is 0 Å². The molecule has 1 saturated heterocycles. The number of pyridine rings is 1. The van der Waals surface area contributed by atoms with Gasteiger partial charge in [-0.3, -0.25) is 9.88 Å². The molecule has 1 aromatic rings. The summed E-state index contributed by atoms with van der Waals surface area (Å²) in [7, 11) is 0. The van der Waals surface area contributed by atoms with Crippen molar-refractivity contribution in [3.8, 4) is 0 Å². The second-order valence-electron chi connectivity index (χ2n) is 4.64. The van der Waals surface area contributed by atoms with Gasteiger partial charge in [-0.1, -0.05) is 13.3 Å². The van der Waals surface area contributed by atoms with Crippen LogP contribution in [0.15, 0.2) is 22.9 Å². The molecule has 1 aliphatic heterocycles. The highest BCUT2D eigenvalue weighted by molar-refractivity contribution is 9.10. The number of aromatic nitrogens is 1. The number of rotatable bonds is 3. The van der Waals surface area contributed by atoms with Crippen LogP contribution in [0, 0.1) is 5.92 Å². The maximum atomic E-state index is 4.21. The summed E-state index contributed by atoms with van der Waals surface area (Å²) < 4.78 is 1.08. The molecule has 2 rings (SSSR count). The Morgan fingerprint density at radius 2 is 2.12 bits per heavy atom. The first-order chi connectivity index (χ1) is 7.78. The molecule has 2 heterocycles. The smallest absolute Gasteiger partial charge is 0.0410 e. The van der Waals surface area contributed by atoms with Gasteiger partial charge >= 0.3 is 0 Å². The third-order valence-electron chi connectivity index (χ3n) is 3.45. The minimum absolute atomic E-state index is 0.955. The van der Waals surface area contributed by atoms with Crippen LogP contribution in [0.5, 0.6) is 0 Å². The molecule has 0 atom stereocenters. The number of piperidine rings is 1. The highest BCUT2D eigenvalue weighted by Gasteiger charge is 2.17. The number of hydrogen-bond acceptors (Lipinski definition) is 2. The van der Waals surface area contributed by atoms with E-state index in [1.54, 1.807) is 0 Å². The average Bonchev–Trinajstić information content (AvgIpc) is 2.30. The van der Waals surface area contributed by atoms with E-state index in [-0.39, 0.29) is 0 Å². The monoisotopic (exact) mass is 282 g/mol. The lowest BCUT2D eigenvalue weighted by atomic mass is 9.94. The van der Waals surface area contributed by atoms with Gasteiger partial charge < -0.3 is 0 Å². The summed E-state index contributed by atoms with van der Waals surface area (Å²) in [5, 5.41) is 0. The summed E-state index contributed by atoms with van der Waals surface area (Å²) in [6.45, 7) is 5.83. The van der Waals surface area contributed by atoms with Crippen LogP contribution in [0.1, 0.15) is 31.7 Å². The predicted octanol–water partition coefficient (Wildman–Crippen LogP) is 3.47. The summed E-state index contributed by atoms with van der Waals surface area (Å²) >= 11 is 3.47. The van der Waals surface area contributed by atoms with E-state index in [0.29, 0.717) is 0 Å². The van der Waals surface area contributed by atoms with Crippen molar-refractivity contribution in [1.29, 1.82) is 0 Å². The Hall–Kier alpha value is -0.410. The second kappa shape index (κ2) is 5.78. The highest BCUT2D eigenvalue weighted by Crippen LogP contribution is 2.21. The molecule has 2 nitrogen and oxygen atoms in total. The standard InChI is InChI=1S/C13H19BrN2/c1-2-11-3-5-16(6-4-11)10-12-7-13(14)9-15-8-12/h7-9,11H,2-6,10H2,1H3. The summed E-state index contributed by atoms with van der Waals surface area (Å²) in [5.41, 5.74) is 1.31. The van der Waals surface area contributed by atoms with Crippen LogP contribution in [0.4, 0.5) is 0 Å². The van der Waals surface area contributed by atoms with Crippen LogP contribution >= 0.6 is 15.9 Å². The molecule has 16 heavy (non-hydrogen) atoms. The van der Waals surface area contributed by atoms with Gasteiger partial charge in [0.1, 0.15) is 0 Å². The van der Waals surface area contributed by atoms with Gasteiger partial charge in [0.25, 0.3) is 0 Å². The third kappa shape index (κ3) is 3.29. The van der Waals surface area contributed by atoms with E-state index in [4.69, 9.17) is 0 Å². The van der Waals surface area contributed by atoms with Crippen LogP contribution in [0.25, 0.3) is 0 Å². The highest BCUT2D eigenvalue weighted by atomic mass is 79.9. The normalized spacial score (nSPS) is 18.9. The van der Waals surface area contributed by atoms with E-state index in [9.17, 15) is 0 Å². The van der Waals surface area contributed by atoms with Crippen molar-refractivity contribution in [2.45, 2.75) is 32.7 Å². The average molecular weight is 283 g/mol. The molecule has 88 valence electrons. The first-order valence-corrected chi connectivity index (χ1v) is 6.89. The lowest BCUT2D eigenvalue weighted by molar-refractivity contribution is 0.175. The number of nitrogens with zero attached hydrogens (tertiary/aromatic N) is 2. The van der Waals surface area contributed by atoms with E-state index in [0.717, 1.165) is 16.9 Å². The van der Waals surface area contributed by atoms with Gasteiger partial charge in [0.05, 0.1) is 0 Å². The van der Waals surface area contributed by atoms with Crippen molar-refractivity contribution in [2.24, 2.45) is 5.92 Å². The summed E-state index contributed by atoms with van der Waals surface area (Å²) in [4.78, 5) is 6.74. The molecular formula is C13H19BrN2. The number of likely N-dealkylation sites (tertiary alicyclic amines) is 1. The molecule has 1 aliphatic rings. The summed E-state index contributed by atoms with van der Waals surface area (Å²) in [5.74, 6) is 0.955. The first kappa shape index (κ1) is 12.1. The maximum Gasteiger partial charge on any atom is 0.0410 e. The minimum Gasteiger partial charge on any atom is -0.299 e. The number of halogens is 1. The Kier molecular flexibility index (Phi) is 4.36. The Balaban J connectivity index is 1.87. The second-order valence-corrected chi connectivity index (χ2v) is 5.55. The summed E-state index contributed by atoms with van der Waals surface area (Å²) in [6.07, 6.45) is 7.87. The quantitative estimate of drug-likeness (QED) is 0.844. The molecular weight excluding hydrogens is 264 g/mol. The van der Waals surface area contributed by atoms with Crippen LogP contribution < -0.4 is 0 Å². The van der Waals surface area contributed by atoms with Crippen LogP contribution in [-0.2, 0) is 6.54 Å². The largest absolute Gasteiger partial charge is 0.299 e. The molecule has 0 bridgehead atoms. The fraction of sp³-hybridized carbons (Fsp3) is 0.615. The van der Waals surface area contributed by atoms with Crippen LogP contribution in [0.2, 0.25) is 0 Å². The molecule has 0 aromatic carbocycles. The SMILES string of the molecule is CCC1CCN(Cc2cncc(Br)c2)CC1. The Morgan fingerprint density at radius 3 is 2.75 bits per heavy atom. The zero-order valence-electron chi connectivity index (χ0n) is 9.82. The predicted molar refractivity (Wildman–Crippen MR) is 70.2 cm³/mol. The fourth-order valence-corrected chi connectivity index (χ4v) is 2.77. The van der Waals surface area contributed by atoms with Crippen molar-refractivity contribution in [3.05, 3.63) is 28.5 Å². The lowest BCUT2D eigenvalue weighted by Gasteiger charge is -2.31. The van der Waals surface area contributed by atoms with Crippen molar-refractivity contribution in [1.82, 2.24) is 9.88 Å². The molecule has 0 N–H and O–H groups in total. The van der Waals surface area contributed by atoms with Crippen molar-refractivity contribution in [2.75, 3.05) is 13.1 Å². The van der Waals surface area contributed by atoms with E-state index >= 15 is 0 Å². The van der Waals surface area contributed by atoms with E-state index < -0.39 is 0 Å². The van der Waals surface area contributed by atoms with E-state index in [1.807, 2.05) is 12.4 Å². The van der Waals surface area contributed by atoms with E-state index in [2.05, 4.69) is 38.8 Å². The molecule has 0 unspecified atom stereocenters. The fourth-order valence-electron chi connectivity index (χ4n) is 2.35. The van der Waals surface area contributed by atoms with Gasteiger partial charge in [-0.25, -0.2) is 0 Å². The topological polar surface area (TPSA) is 16.1 Å². The Morgan fingerprint density at radius 1 is 1.38 bits per heavy atom. The van der Waals surface area contributed by atoms with Gasteiger partial charge in [0, 0.05) is 23.4 Å². The Bertz CT molecular complexity index is 332. The molecule has 0 amide bonds. The number of hydrogen-bond donors (Lipinski definition) is 0. The van der Waals surface area contributed by atoms with E-state index in [1.165, 1.54) is 37.9 Å². The Labute approximate surface area is 106 Å². The molecule has 3 heteroatoms. The zero-order chi connectivity index (χ0) is 11.4. The molecule has 0 saturated carbocycles. The van der Waals surface area contributed by atoms with Crippen molar-refractivity contribution < 1.29 is 0 Å². The van der Waals surface area contributed by atoms with Gasteiger partial charge in [-0.05, 0) is 59.4 Å². The molecule has 0 radical (unpaired) electrons. The van der Waals surface area contributed by atoms with Gasteiger partial charge in [-0.2, -0.15) is 0 Å². The first-order valence-electron chi connectivity index (χ1n) is 6.09. The molecule has 1 fully saturated rings. The zero-order valence-corrected chi connectivity index (χ0v) is 11.4. The molecule has 0 spiro atoms. The molecule has 0 aliphatic carbocycles. The summed E-state index contributed by atoms with van der Waals surface area (Å²) in [6, 6.07) is 2.17. The van der Waals surface area contributed by atoms with Crippen molar-refractivity contribution >= 4 is 15.9 Å². The maximum absolute atomic E-state index is 4.21. The minimum atomic E-state index is 0.955. The lowest BCUT2D eigenvalue weighted by Crippen LogP contribution is -2.33.